The summed E-state index contributed by atoms with van der Waals surface area (Å²) in [7, 11) is 1.90. The first kappa shape index (κ1) is 12.9. The highest BCUT2D eigenvalue weighted by Crippen LogP contribution is 2.32. The van der Waals surface area contributed by atoms with Crippen molar-refractivity contribution in [3.8, 4) is 0 Å². The molecule has 102 valence electrons. The molecule has 3 rings (SSSR count). The Morgan fingerprint density at radius 1 is 1.05 bits per heavy atom. The van der Waals surface area contributed by atoms with Gasteiger partial charge in [-0.1, -0.05) is 54.1 Å². The van der Waals surface area contributed by atoms with Gasteiger partial charge in [0.05, 0.1) is 5.92 Å². The second-order valence-electron chi connectivity index (χ2n) is 5.55. The van der Waals surface area contributed by atoms with Crippen LogP contribution in [0.2, 0.25) is 0 Å². The van der Waals surface area contributed by atoms with Gasteiger partial charge in [-0.25, -0.2) is 0 Å². The van der Waals surface area contributed by atoms with Crippen LogP contribution in [-0.4, -0.2) is 24.4 Å². The average Bonchev–Trinajstić information content (AvgIpc) is 2.59. The second-order valence-corrected chi connectivity index (χ2v) is 5.55. The molecule has 0 saturated carbocycles. The number of carbonyl (C=O) groups excluding carboxylic acids is 1. The lowest BCUT2D eigenvalue weighted by Crippen LogP contribution is -2.31. The lowest BCUT2D eigenvalue weighted by atomic mass is 9.87. The van der Waals surface area contributed by atoms with Crippen molar-refractivity contribution in [1.29, 1.82) is 0 Å². The fourth-order valence-corrected chi connectivity index (χ4v) is 2.88. The number of nitrogens with zero attached hydrogens (tertiary/aromatic N) is 1. The summed E-state index contributed by atoms with van der Waals surface area (Å²) in [6, 6.07) is 16.6. The van der Waals surface area contributed by atoms with Crippen molar-refractivity contribution in [3.63, 3.8) is 0 Å². The minimum atomic E-state index is -0.167. The van der Waals surface area contributed by atoms with Gasteiger partial charge in [0.15, 0.2) is 0 Å². The summed E-state index contributed by atoms with van der Waals surface area (Å²) >= 11 is 0. The summed E-state index contributed by atoms with van der Waals surface area (Å²) < 4.78 is 0. The van der Waals surface area contributed by atoms with E-state index in [0.29, 0.717) is 0 Å². The fraction of sp³-hybridized carbons (Fsp3) is 0.278. The SMILES string of the molecule is Cc1ccc([C@H]2C(=O)N(C)CCc3ccccc32)cc1. The third kappa shape index (κ3) is 2.22. The van der Waals surface area contributed by atoms with Crippen LogP contribution >= 0.6 is 0 Å². The predicted octanol–water partition coefficient (Wildman–Crippen LogP) is 3.14. The molecule has 1 amide bonds. The lowest BCUT2D eigenvalue weighted by molar-refractivity contribution is -0.130. The van der Waals surface area contributed by atoms with Crippen LogP contribution in [0.5, 0.6) is 0 Å². The number of rotatable bonds is 1. The quantitative estimate of drug-likeness (QED) is 0.775. The van der Waals surface area contributed by atoms with Gasteiger partial charge in [-0.3, -0.25) is 4.79 Å². The van der Waals surface area contributed by atoms with Gasteiger partial charge in [0, 0.05) is 13.6 Å². The van der Waals surface area contributed by atoms with E-state index >= 15 is 0 Å². The molecule has 0 aromatic heterocycles. The van der Waals surface area contributed by atoms with Crippen LogP contribution in [0, 0.1) is 6.92 Å². The molecule has 0 spiro atoms. The number of fused-ring (bicyclic) bond motifs is 1. The number of hydrogen-bond acceptors (Lipinski definition) is 1. The van der Waals surface area contributed by atoms with E-state index in [1.54, 1.807) is 0 Å². The highest BCUT2D eigenvalue weighted by molar-refractivity contribution is 5.88. The smallest absolute Gasteiger partial charge is 0.234 e. The first-order valence-corrected chi connectivity index (χ1v) is 7.06. The van der Waals surface area contributed by atoms with Crippen molar-refractivity contribution >= 4 is 5.91 Å². The number of benzene rings is 2. The Bertz CT molecular complexity index is 630. The predicted molar refractivity (Wildman–Crippen MR) is 80.8 cm³/mol. The van der Waals surface area contributed by atoms with E-state index in [1.807, 2.05) is 18.0 Å². The van der Waals surface area contributed by atoms with Gasteiger partial charge in [0.2, 0.25) is 5.91 Å². The molecule has 0 unspecified atom stereocenters. The number of aryl methyl sites for hydroxylation is 1. The maximum absolute atomic E-state index is 12.7. The summed E-state index contributed by atoms with van der Waals surface area (Å²) in [6.07, 6.45) is 0.931. The van der Waals surface area contributed by atoms with E-state index in [-0.39, 0.29) is 11.8 Å². The minimum absolute atomic E-state index is 0.167. The maximum atomic E-state index is 12.7. The van der Waals surface area contributed by atoms with E-state index in [2.05, 4.69) is 49.4 Å². The van der Waals surface area contributed by atoms with Crippen LogP contribution in [0.25, 0.3) is 0 Å². The van der Waals surface area contributed by atoms with Crippen LogP contribution in [0.4, 0.5) is 0 Å². The third-order valence-electron chi connectivity index (χ3n) is 4.12. The van der Waals surface area contributed by atoms with E-state index in [0.717, 1.165) is 24.1 Å². The molecule has 0 bridgehead atoms. The molecule has 0 radical (unpaired) electrons. The maximum Gasteiger partial charge on any atom is 0.234 e. The third-order valence-corrected chi connectivity index (χ3v) is 4.12. The first-order chi connectivity index (χ1) is 9.66. The number of hydrogen-bond donors (Lipinski definition) is 0. The molecule has 2 nitrogen and oxygen atoms in total. The molecule has 0 saturated heterocycles. The molecule has 2 heteroatoms. The molecule has 20 heavy (non-hydrogen) atoms. The first-order valence-electron chi connectivity index (χ1n) is 7.06. The fourth-order valence-electron chi connectivity index (χ4n) is 2.88. The molecule has 1 atom stereocenters. The van der Waals surface area contributed by atoms with Crippen LogP contribution in [0.15, 0.2) is 48.5 Å². The summed E-state index contributed by atoms with van der Waals surface area (Å²) in [5, 5.41) is 0. The summed E-state index contributed by atoms with van der Waals surface area (Å²) in [4.78, 5) is 14.6. The Balaban J connectivity index is 2.14. The molecule has 0 N–H and O–H groups in total. The van der Waals surface area contributed by atoms with E-state index in [4.69, 9.17) is 0 Å². The van der Waals surface area contributed by atoms with E-state index in [1.165, 1.54) is 11.1 Å². The summed E-state index contributed by atoms with van der Waals surface area (Å²) in [5.41, 5.74) is 4.75. The van der Waals surface area contributed by atoms with Crippen LogP contribution in [-0.2, 0) is 11.2 Å². The number of amides is 1. The molecule has 2 aromatic carbocycles. The van der Waals surface area contributed by atoms with Crippen molar-refractivity contribution in [2.75, 3.05) is 13.6 Å². The topological polar surface area (TPSA) is 20.3 Å². The molecular weight excluding hydrogens is 246 g/mol. The van der Waals surface area contributed by atoms with Gasteiger partial charge in [0.25, 0.3) is 0 Å². The summed E-state index contributed by atoms with van der Waals surface area (Å²) in [5.74, 6) is 0.0260. The Kier molecular flexibility index (Phi) is 3.31. The number of likely N-dealkylation sites (N-methyl/N-ethyl adjacent to an activating group) is 1. The van der Waals surface area contributed by atoms with Gasteiger partial charge in [-0.2, -0.15) is 0 Å². The molecule has 2 aromatic rings. The van der Waals surface area contributed by atoms with Crippen molar-refractivity contribution in [1.82, 2.24) is 4.90 Å². The van der Waals surface area contributed by atoms with Gasteiger partial charge >= 0.3 is 0 Å². The molecule has 1 aliphatic rings. The molecule has 1 aliphatic heterocycles. The molecule has 1 heterocycles. The Hall–Kier alpha value is -2.09. The lowest BCUT2D eigenvalue weighted by Gasteiger charge is -2.21. The zero-order valence-corrected chi connectivity index (χ0v) is 12.0. The van der Waals surface area contributed by atoms with Gasteiger partial charge in [-0.15, -0.1) is 0 Å². The molecular formula is C18H19NO. The normalized spacial score (nSPS) is 18.6. The zero-order chi connectivity index (χ0) is 14.1. The second kappa shape index (κ2) is 5.12. The van der Waals surface area contributed by atoms with Crippen molar-refractivity contribution in [2.24, 2.45) is 0 Å². The largest absolute Gasteiger partial charge is 0.345 e. The monoisotopic (exact) mass is 265 g/mol. The van der Waals surface area contributed by atoms with Crippen LogP contribution in [0.3, 0.4) is 0 Å². The number of carbonyl (C=O) groups is 1. The van der Waals surface area contributed by atoms with Crippen molar-refractivity contribution < 1.29 is 4.79 Å². The highest BCUT2D eigenvalue weighted by Gasteiger charge is 2.29. The van der Waals surface area contributed by atoms with Crippen molar-refractivity contribution in [2.45, 2.75) is 19.3 Å². The average molecular weight is 265 g/mol. The van der Waals surface area contributed by atoms with Gasteiger partial charge in [0.1, 0.15) is 0 Å². The van der Waals surface area contributed by atoms with E-state index < -0.39 is 0 Å². The van der Waals surface area contributed by atoms with Crippen molar-refractivity contribution in [3.05, 3.63) is 70.8 Å². The Morgan fingerprint density at radius 2 is 1.75 bits per heavy atom. The molecule has 0 fully saturated rings. The van der Waals surface area contributed by atoms with Crippen LogP contribution < -0.4 is 0 Å². The highest BCUT2D eigenvalue weighted by atomic mass is 16.2. The summed E-state index contributed by atoms with van der Waals surface area (Å²) in [6.45, 7) is 2.86. The molecule has 0 aliphatic carbocycles. The Morgan fingerprint density at radius 3 is 2.50 bits per heavy atom. The zero-order valence-electron chi connectivity index (χ0n) is 12.0. The minimum Gasteiger partial charge on any atom is -0.345 e. The van der Waals surface area contributed by atoms with Crippen LogP contribution in [0.1, 0.15) is 28.2 Å². The van der Waals surface area contributed by atoms with Gasteiger partial charge < -0.3 is 4.90 Å². The standard InChI is InChI=1S/C18H19NO/c1-13-7-9-15(10-8-13)17-16-6-4-3-5-14(16)11-12-19(2)18(17)20/h3-10,17H,11-12H2,1-2H3/t17-/m1/s1. The van der Waals surface area contributed by atoms with E-state index in [9.17, 15) is 4.79 Å². The Labute approximate surface area is 120 Å². The van der Waals surface area contributed by atoms with Gasteiger partial charge in [-0.05, 0) is 30.0 Å².